The van der Waals surface area contributed by atoms with E-state index in [1.807, 2.05) is 29.8 Å². The Morgan fingerprint density at radius 3 is 2.87 bits per heavy atom. The first-order valence-corrected chi connectivity index (χ1v) is 4.72. The fourth-order valence-electron chi connectivity index (χ4n) is 1.53. The maximum absolute atomic E-state index is 9.10. The third-order valence-electron chi connectivity index (χ3n) is 2.40. The maximum Gasteiger partial charge on any atom is 0.110 e. The van der Waals surface area contributed by atoms with Gasteiger partial charge in [0.1, 0.15) is 5.82 Å². The number of hydrogen-bond acceptors (Lipinski definition) is 3. The van der Waals surface area contributed by atoms with Crippen LogP contribution in [0, 0.1) is 6.92 Å². The third-order valence-corrected chi connectivity index (χ3v) is 2.40. The lowest BCUT2D eigenvalue weighted by atomic mass is 10.1. The molecule has 1 aromatic carbocycles. The molecule has 0 fully saturated rings. The van der Waals surface area contributed by atoms with E-state index in [1.165, 1.54) is 0 Å². The minimum absolute atomic E-state index is 0.0482. The van der Waals surface area contributed by atoms with Gasteiger partial charge in [-0.2, -0.15) is 0 Å². The van der Waals surface area contributed by atoms with Crippen molar-refractivity contribution in [1.29, 1.82) is 0 Å². The molecule has 0 atom stereocenters. The number of aromatic nitrogens is 2. The van der Waals surface area contributed by atoms with Gasteiger partial charge < -0.3 is 15.4 Å². The fraction of sp³-hybridized carbons (Fsp3) is 0.182. The van der Waals surface area contributed by atoms with E-state index < -0.39 is 0 Å². The molecule has 4 nitrogen and oxygen atoms in total. The zero-order valence-corrected chi connectivity index (χ0v) is 8.51. The van der Waals surface area contributed by atoms with Gasteiger partial charge in [0.05, 0.1) is 6.61 Å². The van der Waals surface area contributed by atoms with Crippen LogP contribution in [-0.2, 0) is 6.61 Å². The standard InChI is InChI=1S/C11H13N3O/c1-8-13-4-5-14(8)10-2-3-11(12)9(6-10)7-15/h2-6,15H,7,12H2,1H3. The Balaban J connectivity index is 2.51. The summed E-state index contributed by atoms with van der Waals surface area (Å²) in [4.78, 5) is 4.14. The molecule has 0 aliphatic carbocycles. The number of nitrogens with two attached hydrogens (primary N) is 1. The molecular formula is C11H13N3O. The average Bonchev–Trinajstić information content (AvgIpc) is 2.65. The summed E-state index contributed by atoms with van der Waals surface area (Å²) in [5.74, 6) is 0.906. The predicted octanol–water partition coefficient (Wildman–Crippen LogP) is 1.26. The quantitative estimate of drug-likeness (QED) is 0.722. The molecule has 2 aromatic rings. The van der Waals surface area contributed by atoms with Crippen molar-refractivity contribution in [2.45, 2.75) is 13.5 Å². The van der Waals surface area contributed by atoms with E-state index in [0.717, 1.165) is 17.1 Å². The van der Waals surface area contributed by atoms with Gasteiger partial charge in [-0.1, -0.05) is 0 Å². The number of aliphatic hydroxyl groups is 1. The van der Waals surface area contributed by atoms with Crippen molar-refractivity contribution in [2.24, 2.45) is 0 Å². The molecule has 0 aliphatic heterocycles. The molecule has 0 saturated carbocycles. The van der Waals surface area contributed by atoms with Crippen LogP contribution in [0.5, 0.6) is 0 Å². The molecule has 0 aliphatic rings. The first-order chi connectivity index (χ1) is 7.22. The van der Waals surface area contributed by atoms with Crippen molar-refractivity contribution in [3.05, 3.63) is 42.0 Å². The van der Waals surface area contributed by atoms with Gasteiger partial charge in [-0.3, -0.25) is 0 Å². The summed E-state index contributed by atoms with van der Waals surface area (Å²) < 4.78 is 1.94. The number of rotatable bonds is 2. The third kappa shape index (κ3) is 1.71. The van der Waals surface area contributed by atoms with Gasteiger partial charge in [0.2, 0.25) is 0 Å². The monoisotopic (exact) mass is 203 g/mol. The highest BCUT2D eigenvalue weighted by Gasteiger charge is 2.03. The SMILES string of the molecule is Cc1nccn1-c1ccc(N)c(CO)c1. The Morgan fingerprint density at radius 1 is 1.47 bits per heavy atom. The van der Waals surface area contributed by atoms with Crippen LogP contribution in [0.25, 0.3) is 5.69 Å². The van der Waals surface area contributed by atoms with Crippen LogP contribution in [0.15, 0.2) is 30.6 Å². The van der Waals surface area contributed by atoms with Crippen LogP contribution in [0.4, 0.5) is 5.69 Å². The Labute approximate surface area is 88.0 Å². The molecule has 2 rings (SSSR count). The molecule has 4 heteroatoms. The maximum atomic E-state index is 9.10. The molecule has 3 N–H and O–H groups in total. The molecule has 0 saturated heterocycles. The lowest BCUT2D eigenvalue weighted by Crippen LogP contribution is -2.00. The van der Waals surface area contributed by atoms with Crippen LogP contribution < -0.4 is 5.73 Å². The largest absolute Gasteiger partial charge is 0.398 e. The number of aliphatic hydroxyl groups excluding tert-OH is 1. The smallest absolute Gasteiger partial charge is 0.110 e. The zero-order valence-electron chi connectivity index (χ0n) is 8.51. The molecule has 78 valence electrons. The van der Waals surface area contributed by atoms with Crippen molar-refractivity contribution in [3.63, 3.8) is 0 Å². The van der Waals surface area contributed by atoms with E-state index in [9.17, 15) is 0 Å². The molecule has 1 aromatic heterocycles. The summed E-state index contributed by atoms with van der Waals surface area (Å²) in [6, 6.07) is 5.56. The van der Waals surface area contributed by atoms with Crippen LogP contribution in [-0.4, -0.2) is 14.7 Å². The number of imidazole rings is 1. The molecular weight excluding hydrogens is 190 g/mol. The van der Waals surface area contributed by atoms with E-state index in [1.54, 1.807) is 12.3 Å². The number of nitrogen functional groups attached to an aromatic ring is 1. The van der Waals surface area contributed by atoms with E-state index in [2.05, 4.69) is 4.98 Å². The minimum Gasteiger partial charge on any atom is -0.398 e. The van der Waals surface area contributed by atoms with Crippen molar-refractivity contribution < 1.29 is 5.11 Å². The first kappa shape index (κ1) is 9.73. The predicted molar refractivity (Wildman–Crippen MR) is 58.6 cm³/mol. The van der Waals surface area contributed by atoms with Gasteiger partial charge in [-0.05, 0) is 25.1 Å². The molecule has 0 bridgehead atoms. The lowest BCUT2D eigenvalue weighted by molar-refractivity contribution is 0.282. The Bertz CT molecular complexity index is 476. The summed E-state index contributed by atoms with van der Waals surface area (Å²) in [6.45, 7) is 1.88. The van der Waals surface area contributed by atoms with Crippen LogP contribution >= 0.6 is 0 Å². The number of benzene rings is 1. The van der Waals surface area contributed by atoms with Gasteiger partial charge in [0, 0.05) is 29.3 Å². The normalized spacial score (nSPS) is 10.5. The minimum atomic E-state index is -0.0482. The molecule has 0 amide bonds. The van der Waals surface area contributed by atoms with Crippen molar-refractivity contribution >= 4 is 5.69 Å². The average molecular weight is 203 g/mol. The molecule has 0 spiro atoms. The Hall–Kier alpha value is -1.81. The first-order valence-electron chi connectivity index (χ1n) is 4.72. The summed E-state index contributed by atoms with van der Waals surface area (Å²) in [6.07, 6.45) is 3.62. The fourth-order valence-corrected chi connectivity index (χ4v) is 1.53. The van der Waals surface area contributed by atoms with Gasteiger partial charge >= 0.3 is 0 Å². The van der Waals surface area contributed by atoms with Crippen molar-refractivity contribution in [3.8, 4) is 5.69 Å². The highest BCUT2D eigenvalue weighted by Crippen LogP contribution is 2.18. The Kier molecular flexibility index (Phi) is 2.43. The summed E-state index contributed by atoms with van der Waals surface area (Å²) >= 11 is 0. The Morgan fingerprint density at radius 2 is 2.27 bits per heavy atom. The number of nitrogens with zero attached hydrogens (tertiary/aromatic N) is 2. The lowest BCUT2D eigenvalue weighted by Gasteiger charge is -2.08. The van der Waals surface area contributed by atoms with Gasteiger partial charge in [-0.25, -0.2) is 4.98 Å². The van der Waals surface area contributed by atoms with E-state index in [-0.39, 0.29) is 6.61 Å². The summed E-state index contributed by atoms with van der Waals surface area (Å²) in [5, 5.41) is 9.10. The zero-order chi connectivity index (χ0) is 10.8. The van der Waals surface area contributed by atoms with Gasteiger partial charge in [0.25, 0.3) is 0 Å². The van der Waals surface area contributed by atoms with E-state index in [4.69, 9.17) is 10.8 Å². The van der Waals surface area contributed by atoms with E-state index >= 15 is 0 Å². The van der Waals surface area contributed by atoms with Crippen LogP contribution in [0.1, 0.15) is 11.4 Å². The number of hydrogen-bond donors (Lipinski definition) is 2. The van der Waals surface area contributed by atoms with Gasteiger partial charge in [0.15, 0.2) is 0 Å². The second-order valence-electron chi connectivity index (χ2n) is 3.39. The number of anilines is 1. The molecule has 1 heterocycles. The van der Waals surface area contributed by atoms with Gasteiger partial charge in [-0.15, -0.1) is 0 Å². The van der Waals surface area contributed by atoms with E-state index in [0.29, 0.717) is 5.69 Å². The highest BCUT2D eigenvalue weighted by molar-refractivity contribution is 5.52. The van der Waals surface area contributed by atoms with Crippen LogP contribution in [0.2, 0.25) is 0 Å². The topological polar surface area (TPSA) is 64.1 Å². The van der Waals surface area contributed by atoms with Crippen molar-refractivity contribution in [2.75, 3.05) is 5.73 Å². The van der Waals surface area contributed by atoms with Crippen molar-refractivity contribution in [1.82, 2.24) is 9.55 Å². The second kappa shape index (κ2) is 3.74. The number of aryl methyl sites for hydroxylation is 1. The molecule has 0 radical (unpaired) electrons. The highest BCUT2D eigenvalue weighted by atomic mass is 16.3. The summed E-state index contributed by atoms with van der Waals surface area (Å²) in [5.41, 5.74) is 8.01. The second-order valence-corrected chi connectivity index (χ2v) is 3.39. The molecule has 15 heavy (non-hydrogen) atoms. The molecule has 0 unspecified atom stereocenters. The summed E-state index contributed by atoms with van der Waals surface area (Å²) in [7, 11) is 0. The van der Waals surface area contributed by atoms with Crippen LogP contribution in [0.3, 0.4) is 0 Å².